The highest BCUT2D eigenvalue weighted by Crippen LogP contribution is 2.14. The Morgan fingerprint density at radius 1 is 1.50 bits per heavy atom. The van der Waals surface area contributed by atoms with Crippen LogP contribution in [0, 0.1) is 0 Å². The molecule has 0 amide bonds. The molecule has 0 aliphatic carbocycles. The van der Waals surface area contributed by atoms with Gasteiger partial charge >= 0.3 is 0 Å². The van der Waals surface area contributed by atoms with Crippen molar-refractivity contribution in [2.75, 3.05) is 27.3 Å². The third-order valence-corrected chi connectivity index (χ3v) is 2.67. The van der Waals surface area contributed by atoms with Gasteiger partial charge < -0.3 is 15.6 Å². The maximum atomic E-state index is 9.13. The van der Waals surface area contributed by atoms with E-state index in [0.717, 1.165) is 17.9 Å². The highest BCUT2D eigenvalue weighted by atomic mass is 16.5. The summed E-state index contributed by atoms with van der Waals surface area (Å²) in [7, 11) is 3.60. The first-order valence-electron chi connectivity index (χ1n) is 5.35. The number of aliphatic hydroxyl groups is 1. The van der Waals surface area contributed by atoms with Crippen LogP contribution in [0.5, 0.6) is 5.75 Å². The number of hydrogen-bond donors (Lipinski definition) is 2. The lowest BCUT2D eigenvalue weighted by Gasteiger charge is -2.25. The van der Waals surface area contributed by atoms with E-state index in [1.54, 1.807) is 7.11 Å². The first-order valence-corrected chi connectivity index (χ1v) is 5.35. The molecule has 3 N–H and O–H groups in total. The molecular formula is C12H20N2O2. The molecule has 0 heterocycles. The Balaban J connectivity index is 2.64. The fraction of sp³-hybridized carbons (Fsp3) is 0.500. The zero-order valence-corrected chi connectivity index (χ0v) is 9.89. The van der Waals surface area contributed by atoms with Gasteiger partial charge in [-0.15, -0.1) is 0 Å². The topological polar surface area (TPSA) is 58.7 Å². The van der Waals surface area contributed by atoms with E-state index in [4.69, 9.17) is 15.6 Å². The molecule has 1 atom stereocenters. The first kappa shape index (κ1) is 13.0. The van der Waals surface area contributed by atoms with Crippen molar-refractivity contribution in [2.24, 2.45) is 5.73 Å². The molecule has 1 unspecified atom stereocenters. The molecule has 0 fully saturated rings. The van der Waals surface area contributed by atoms with Gasteiger partial charge in [0.25, 0.3) is 0 Å². The monoisotopic (exact) mass is 224 g/mol. The molecule has 0 aliphatic rings. The summed E-state index contributed by atoms with van der Waals surface area (Å²) in [4.78, 5) is 2.04. The summed E-state index contributed by atoms with van der Waals surface area (Å²) < 4.78 is 5.16. The Bertz CT molecular complexity index is 314. The fourth-order valence-electron chi connectivity index (χ4n) is 1.58. The molecule has 0 aromatic heterocycles. The van der Waals surface area contributed by atoms with Crippen molar-refractivity contribution < 1.29 is 9.84 Å². The van der Waals surface area contributed by atoms with Crippen LogP contribution in [0.2, 0.25) is 0 Å². The van der Waals surface area contributed by atoms with Gasteiger partial charge in [-0.2, -0.15) is 0 Å². The summed E-state index contributed by atoms with van der Waals surface area (Å²) in [6, 6.07) is 7.89. The molecule has 4 nitrogen and oxygen atoms in total. The molecule has 0 radical (unpaired) electrons. The van der Waals surface area contributed by atoms with E-state index in [2.05, 4.69) is 0 Å². The van der Waals surface area contributed by atoms with Crippen molar-refractivity contribution in [3.05, 3.63) is 29.8 Å². The summed E-state index contributed by atoms with van der Waals surface area (Å²) >= 11 is 0. The number of aliphatic hydroxyl groups excluding tert-OH is 1. The molecule has 0 spiro atoms. The van der Waals surface area contributed by atoms with Gasteiger partial charge in [0.1, 0.15) is 5.75 Å². The smallest absolute Gasteiger partial charge is 0.119 e. The average Bonchev–Trinajstić information content (AvgIpc) is 2.31. The Labute approximate surface area is 96.6 Å². The van der Waals surface area contributed by atoms with E-state index < -0.39 is 0 Å². The molecule has 4 heteroatoms. The van der Waals surface area contributed by atoms with Gasteiger partial charge in [0.2, 0.25) is 0 Å². The average molecular weight is 224 g/mol. The Morgan fingerprint density at radius 2 is 2.25 bits per heavy atom. The Hall–Kier alpha value is -1.10. The summed E-state index contributed by atoms with van der Waals surface area (Å²) in [6.07, 6.45) is 0. The summed E-state index contributed by atoms with van der Waals surface area (Å²) in [5.41, 5.74) is 6.71. The summed E-state index contributed by atoms with van der Waals surface area (Å²) in [5, 5.41) is 9.13. The van der Waals surface area contributed by atoms with Crippen LogP contribution >= 0.6 is 0 Å². The van der Waals surface area contributed by atoms with E-state index >= 15 is 0 Å². The van der Waals surface area contributed by atoms with Gasteiger partial charge in [0.15, 0.2) is 0 Å². The number of ether oxygens (including phenoxy) is 1. The number of nitrogens with zero attached hydrogens (tertiary/aromatic N) is 1. The van der Waals surface area contributed by atoms with Crippen LogP contribution in [0.15, 0.2) is 24.3 Å². The maximum absolute atomic E-state index is 9.13. The van der Waals surface area contributed by atoms with E-state index in [1.807, 2.05) is 36.2 Å². The van der Waals surface area contributed by atoms with Gasteiger partial charge in [0, 0.05) is 19.1 Å². The molecule has 16 heavy (non-hydrogen) atoms. The largest absolute Gasteiger partial charge is 0.497 e. The van der Waals surface area contributed by atoms with Crippen LogP contribution in [0.3, 0.4) is 0 Å². The number of benzene rings is 1. The zero-order valence-electron chi connectivity index (χ0n) is 9.89. The first-order chi connectivity index (χ1) is 7.71. The third kappa shape index (κ3) is 3.48. The number of rotatable bonds is 6. The van der Waals surface area contributed by atoms with Gasteiger partial charge in [0.05, 0.1) is 13.7 Å². The van der Waals surface area contributed by atoms with E-state index in [1.165, 1.54) is 0 Å². The second-order valence-electron chi connectivity index (χ2n) is 3.84. The van der Waals surface area contributed by atoms with Crippen LogP contribution in [-0.4, -0.2) is 43.4 Å². The molecule has 1 aromatic rings. The molecular weight excluding hydrogens is 204 g/mol. The second-order valence-corrected chi connectivity index (χ2v) is 3.84. The molecule has 0 saturated heterocycles. The van der Waals surface area contributed by atoms with Crippen molar-refractivity contribution >= 4 is 0 Å². The fourth-order valence-corrected chi connectivity index (χ4v) is 1.58. The highest BCUT2D eigenvalue weighted by molar-refractivity contribution is 5.28. The SMILES string of the molecule is COc1cccc(CN(C)C(CN)CO)c1. The molecule has 0 bridgehead atoms. The molecule has 0 aliphatic heterocycles. The minimum atomic E-state index is 0.00574. The van der Waals surface area contributed by atoms with Gasteiger partial charge in [-0.3, -0.25) is 4.90 Å². The summed E-state index contributed by atoms with van der Waals surface area (Å²) in [6.45, 7) is 1.29. The molecule has 1 aromatic carbocycles. The third-order valence-electron chi connectivity index (χ3n) is 2.67. The second kappa shape index (κ2) is 6.48. The van der Waals surface area contributed by atoms with Gasteiger partial charge in [-0.1, -0.05) is 12.1 Å². The summed E-state index contributed by atoms with van der Waals surface area (Å²) in [5.74, 6) is 0.846. The minimum absolute atomic E-state index is 0.00574. The van der Waals surface area contributed by atoms with Gasteiger partial charge in [-0.05, 0) is 24.7 Å². The number of likely N-dealkylation sites (N-methyl/N-ethyl adjacent to an activating group) is 1. The quantitative estimate of drug-likeness (QED) is 0.736. The Kier molecular flexibility index (Phi) is 5.25. The maximum Gasteiger partial charge on any atom is 0.119 e. The van der Waals surface area contributed by atoms with Gasteiger partial charge in [-0.25, -0.2) is 0 Å². The van der Waals surface area contributed by atoms with E-state index in [-0.39, 0.29) is 12.6 Å². The number of methoxy groups -OCH3 is 1. The highest BCUT2D eigenvalue weighted by Gasteiger charge is 2.11. The lowest BCUT2D eigenvalue weighted by Crippen LogP contribution is -2.40. The van der Waals surface area contributed by atoms with Crippen molar-refractivity contribution in [3.63, 3.8) is 0 Å². The lowest BCUT2D eigenvalue weighted by molar-refractivity contribution is 0.146. The minimum Gasteiger partial charge on any atom is -0.497 e. The number of nitrogens with two attached hydrogens (primary N) is 1. The standard InChI is InChI=1S/C12H20N2O2/c1-14(11(7-13)9-15)8-10-4-3-5-12(6-10)16-2/h3-6,11,15H,7-9,13H2,1-2H3. The van der Waals surface area contributed by atoms with Crippen molar-refractivity contribution in [2.45, 2.75) is 12.6 Å². The van der Waals surface area contributed by atoms with E-state index in [9.17, 15) is 0 Å². The molecule has 0 saturated carbocycles. The zero-order chi connectivity index (χ0) is 12.0. The number of hydrogen-bond acceptors (Lipinski definition) is 4. The van der Waals surface area contributed by atoms with Crippen LogP contribution in [0.1, 0.15) is 5.56 Å². The van der Waals surface area contributed by atoms with Crippen LogP contribution in [-0.2, 0) is 6.54 Å². The van der Waals surface area contributed by atoms with Crippen molar-refractivity contribution in [1.82, 2.24) is 4.90 Å². The lowest BCUT2D eigenvalue weighted by atomic mass is 10.2. The predicted octanol–water partition coefficient (Wildman–Crippen LogP) is 0.447. The van der Waals surface area contributed by atoms with E-state index in [0.29, 0.717) is 6.54 Å². The van der Waals surface area contributed by atoms with Crippen LogP contribution < -0.4 is 10.5 Å². The van der Waals surface area contributed by atoms with Crippen LogP contribution in [0.25, 0.3) is 0 Å². The molecule has 1 rings (SSSR count). The van der Waals surface area contributed by atoms with Crippen LogP contribution in [0.4, 0.5) is 0 Å². The van der Waals surface area contributed by atoms with Crippen molar-refractivity contribution in [3.8, 4) is 5.75 Å². The predicted molar refractivity (Wildman–Crippen MR) is 64.4 cm³/mol. The Morgan fingerprint density at radius 3 is 2.81 bits per heavy atom. The van der Waals surface area contributed by atoms with Crippen molar-refractivity contribution in [1.29, 1.82) is 0 Å². The molecule has 90 valence electrons. The normalized spacial score (nSPS) is 12.8.